The van der Waals surface area contributed by atoms with Gasteiger partial charge in [-0.3, -0.25) is 0 Å². The van der Waals surface area contributed by atoms with E-state index < -0.39 is 0 Å². The summed E-state index contributed by atoms with van der Waals surface area (Å²) in [6.45, 7) is 12.5. The van der Waals surface area contributed by atoms with E-state index in [4.69, 9.17) is 4.98 Å². The predicted octanol–water partition coefficient (Wildman–Crippen LogP) is 3.54. The highest BCUT2D eigenvalue weighted by Gasteiger charge is 2.28. The summed E-state index contributed by atoms with van der Waals surface area (Å²) >= 11 is 1.91. The fraction of sp³-hybridized carbons (Fsp3) is 0.812. The van der Waals surface area contributed by atoms with Gasteiger partial charge in [-0.25, -0.2) is 4.98 Å². The fourth-order valence-corrected chi connectivity index (χ4v) is 4.07. The molecule has 1 unspecified atom stereocenters. The van der Waals surface area contributed by atoms with Crippen molar-refractivity contribution >= 4 is 16.5 Å². The zero-order valence-electron chi connectivity index (χ0n) is 13.2. The summed E-state index contributed by atoms with van der Waals surface area (Å²) in [7, 11) is 0. The summed E-state index contributed by atoms with van der Waals surface area (Å²) in [6.07, 6.45) is 4.00. The van der Waals surface area contributed by atoms with Gasteiger partial charge in [0.1, 0.15) is 0 Å². The number of anilines is 1. The van der Waals surface area contributed by atoms with Crippen LogP contribution in [0.25, 0.3) is 0 Å². The zero-order valence-corrected chi connectivity index (χ0v) is 14.0. The molecule has 0 amide bonds. The normalized spacial score (nSPS) is 23.6. The van der Waals surface area contributed by atoms with Crippen LogP contribution < -0.4 is 10.2 Å². The third-order valence-electron chi connectivity index (χ3n) is 4.22. The van der Waals surface area contributed by atoms with Gasteiger partial charge in [0.05, 0.1) is 5.69 Å². The number of rotatable bonds is 4. The molecule has 0 spiro atoms. The molecule has 0 aromatic carbocycles. The molecule has 1 aromatic rings. The van der Waals surface area contributed by atoms with E-state index in [9.17, 15) is 0 Å². The zero-order chi connectivity index (χ0) is 14.3. The number of nitrogens with one attached hydrogen (secondary N) is 1. The molecule has 4 heteroatoms. The van der Waals surface area contributed by atoms with E-state index in [2.05, 4.69) is 37.9 Å². The third-order valence-corrected chi connectivity index (χ3v) is 5.34. The minimum atomic E-state index is 0.140. The number of nitrogens with zero attached hydrogens (tertiary/aromatic N) is 2. The van der Waals surface area contributed by atoms with Crippen molar-refractivity contribution in [2.75, 3.05) is 18.0 Å². The smallest absolute Gasteiger partial charge is 0.185 e. The van der Waals surface area contributed by atoms with Gasteiger partial charge in [0.15, 0.2) is 5.13 Å². The van der Waals surface area contributed by atoms with Gasteiger partial charge < -0.3 is 10.2 Å². The van der Waals surface area contributed by atoms with E-state index in [0.29, 0.717) is 0 Å². The second-order valence-electron chi connectivity index (χ2n) is 7.51. The Labute approximate surface area is 126 Å². The summed E-state index contributed by atoms with van der Waals surface area (Å²) in [6, 6.07) is 0.764. The first-order chi connectivity index (χ1) is 9.43. The predicted molar refractivity (Wildman–Crippen MR) is 86.7 cm³/mol. The number of thiazole rings is 1. The summed E-state index contributed by atoms with van der Waals surface area (Å²) in [5.74, 6) is 0.810. The molecular weight excluding hydrogens is 266 g/mol. The molecule has 1 aromatic heterocycles. The minimum Gasteiger partial charge on any atom is -0.348 e. The second kappa shape index (κ2) is 5.30. The van der Waals surface area contributed by atoms with E-state index >= 15 is 0 Å². The van der Waals surface area contributed by atoms with Crippen LogP contribution in [0.2, 0.25) is 0 Å². The van der Waals surface area contributed by atoms with Crippen LogP contribution in [0.15, 0.2) is 0 Å². The lowest BCUT2D eigenvalue weighted by Crippen LogP contribution is -2.21. The molecule has 3 nitrogen and oxygen atoms in total. The lowest BCUT2D eigenvalue weighted by molar-refractivity contribution is 0.558. The molecule has 20 heavy (non-hydrogen) atoms. The van der Waals surface area contributed by atoms with Crippen molar-refractivity contribution in [2.24, 2.45) is 5.92 Å². The van der Waals surface area contributed by atoms with Gasteiger partial charge in [0.25, 0.3) is 0 Å². The highest BCUT2D eigenvalue weighted by atomic mass is 32.1. The number of hydrogen-bond donors (Lipinski definition) is 1. The van der Waals surface area contributed by atoms with Crippen molar-refractivity contribution in [3.05, 3.63) is 10.6 Å². The van der Waals surface area contributed by atoms with Gasteiger partial charge in [-0.1, -0.05) is 27.7 Å². The van der Waals surface area contributed by atoms with Crippen molar-refractivity contribution in [1.29, 1.82) is 0 Å². The first-order valence-electron chi connectivity index (χ1n) is 7.92. The quantitative estimate of drug-likeness (QED) is 0.920. The molecule has 0 bridgehead atoms. The van der Waals surface area contributed by atoms with Gasteiger partial charge in [0.2, 0.25) is 0 Å². The van der Waals surface area contributed by atoms with Gasteiger partial charge in [-0.05, 0) is 25.2 Å². The second-order valence-corrected chi connectivity index (χ2v) is 8.58. The Bertz CT molecular complexity index is 471. The van der Waals surface area contributed by atoms with E-state index in [-0.39, 0.29) is 5.41 Å². The Morgan fingerprint density at radius 1 is 1.30 bits per heavy atom. The minimum absolute atomic E-state index is 0.140. The first-order valence-corrected chi connectivity index (χ1v) is 8.73. The van der Waals surface area contributed by atoms with Crippen molar-refractivity contribution in [3.8, 4) is 0 Å². The topological polar surface area (TPSA) is 28.2 Å². The molecule has 112 valence electrons. The van der Waals surface area contributed by atoms with Crippen molar-refractivity contribution in [1.82, 2.24) is 10.3 Å². The van der Waals surface area contributed by atoms with Crippen LogP contribution >= 0.6 is 11.3 Å². The van der Waals surface area contributed by atoms with E-state index in [1.165, 1.54) is 48.1 Å². The van der Waals surface area contributed by atoms with Crippen LogP contribution in [-0.4, -0.2) is 24.1 Å². The number of aromatic nitrogens is 1. The van der Waals surface area contributed by atoms with Crippen LogP contribution in [0.3, 0.4) is 0 Å². The van der Waals surface area contributed by atoms with Crippen LogP contribution in [0.5, 0.6) is 0 Å². The highest BCUT2D eigenvalue weighted by molar-refractivity contribution is 7.15. The van der Waals surface area contributed by atoms with Gasteiger partial charge in [-0.2, -0.15) is 0 Å². The molecule has 1 N–H and O–H groups in total. The van der Waals surface area contributed by atoms with Crippen molar-refractivity contribution in [3.63, 3.8) is 0 Å². The molecule has 1 saturated carbocycles. The molecular formula is C16H27N3S. The standard InChI is InChI=1S/C16H27N3S/c1-11-7-8-19(10-11)15-18-14(16(2,3)4)13(20-15)9-17-12-5-6-12/h11-12,17H,5-10H2,1-4H3. The summed E-state index contributed by atoms with van der Waals surface area (Å²) in [4.78, 5) is 8.92. The Morgan fingerprint density at radius 3 is 2.60 bits per heavy atom. The van der Waals surface area contributed by atoms with Crippen molar-refractivity contribution < 1.29 is 0 Å². The van der Waals surface area contributed by atoms with Crippen LogP contribution in [0.1, 0.15) is 57.5 Å². The van der Waals surface area contributed by atoms with Gasteiger partial charge in [0, 0.05) is 36.0 Å². The third kappa shape index (κ3) is 3.17. The van der Waals surface area contributed by atoms with Crippen LogP contribution in [0, 0.1) is 5.92 Å². The first kappa shape index (κ1) is 14.3. The molecule has 3 rings (SSSR count). The fourth-order valence-electron chi connectivity index (χ4n) is 2.81. The van der Waals surface area contributed by atoms with Gasteiger partial charge in [-0.15, -0.1) is 11.3 Å². The molecule has 1 saturated heterocycles. The molecule has 1 atom stereocenters. The Kier molecular flexibility index (Phi) is 3.80. The van der Waals surface area contributed by atoms with E-state index in [0.717, 1.165) is 18.5 Å². The maximum absolute atomic E-state index is 5.00. The lowest BCUT2D eigenvalue weighted by atomic mass is 9.91. The van der Waals surface area contributed by atoms with Crippen LogP contribution in [0.4, 0.5) is 5.13 Å². The number of hydrogen-bond acceptors (Lipinski definition) is 4. The molecule has 2 fully saturated rings. The monoisotopic (exact) mass is 293 g/mol. The Hall–Kier alpha value is -0.610. The summed E-state index contributed by atoms with van der Waals surface area (Å²) < 4.78 is 0. The maximum atomic E-state index is 5.00. The van der Waals surface area contributed by atoms with Crippen molar-refractivity contribution in [2.45, 2.75) is 65.0 Å². The SMILES string of the molecule is CC1CCN(c2nc(C(C)(C)C)c(CNC3CC3)s2)C1. The lowest BCUT2D eigenvalue weighted by Gasteiger charge is -2.18. The van der Waals surface area contributed by atoms with E-state index in [1.807, 2.05) is 11.3 Å². The average molecular weight is 293 g/mol. The summed E-state index contributed by atoms with van der Waals surface area (Å²) in [5, 5.41) is 4.89. The Balaban J connectivity index is 1.80. The molecule has 2 aliphatic rings. The average Bonchev–Trinajstić information content (AvgIpc) is 2.91. The molecule has 0 radical (unpaired) electrons. The Morgan fingerprint density at radius 2 is 2.05 bits per heavy atom. The largest absolute Gasteiger partial charge is 0.348 e. The summed E-state index contributed by atoms with van der Waals surface area (Å²) in [5.41, 5.74) is 1.44. The molecule has 1 aliphatic carbocycles. The maximum Gasteiger partial charge on any atom is 0.185 e. The molecule has 1 aliphatic heterocycles. The van der Waals surface area contributed by atoms with Crippen LogP contribution in [-0.2, 0) is 12.0 Å². The van der Waals surface area contributed by atoms with E-state index in [1.54, 1.807) is 0 Å². The highest BCUT2D eigenvalue weighted by Crippen LogP contribution is 2.36. The molecule has 2 heterocycles. The van der Waals surface area contributed by atoms with Gasteiger partial charge >= 0.3 is 0 Å².